The number of hydrogen-bond donors (Lipinski definition) is 0. The van der Waals surface area contributed by atoms with Crippen molar-refractivity contribution in [1.29, 1.82) is 0 Å². The molecule has 26 heavy (non-hydrogen) atoms. The van der Waals surface area contributed by atoms with Crippen molar-refractivity contribution < 1.29 is 9.47 Å². The van der Waals surface area contributed by atoms with Crippen LogP contribution in [0.4, 0.5) is 0 Å². The molecule has 0 heterocycles. The number of rotatable bonds is 8. The van der Waals surface area contributed by atoms with Crippen LogP contribution in [0.1, 0.15) is 18.1 Å². The Hall–Kier alpha value is -1.99. The van der Waals surface area contributed by atoms with Gasteiger partial charge in [0.05, 0.1) is 6.10 Å². The molecule has 0 aliphatic rings. The lowest BCUT2D eigenvalue weighted by molar-refractivity contribution is 0.0662. The summed E-state index contributed by atoms with van der Waals surface area (Å²) in [7, 11) is 2.93. The highest BCUT2D eigenvalue weighted by atomic mass is 31.1. The summed E-state index contributed by atoms with van der Waals surface area (Å²) in [6.07, 6.45) is 0.932. The normalized spacial score (nSPS) is 12.3. The van der Waals surface area contributed by atoms with Gasteiger partial charge in [-0.1, -0.05) is 84.9 Å². The lowest BCUT2D eigenvalue weighted by Crippen LogP contribution is -2.20. The summed E-state index contributed by atoms with van der Waals surface area (Å²) in [5, 5.41) is 4.08. The van der Waals surface area contributed by atoms with Gasteiger partial charge in [0, 0.05) is 27.2 Å². The molecule has 3 heteroatoms. The van der Waals surface area contributed by atoms with Gasteiger partial charge in [0.25, 0.3) is 0 Å². The van der Waals surface area contributed by atoms with Crippen molar-refractivity contribution in [1.82, 2.24) is 0 Å². The van der Waals surface area contributed by atoms with Crippen LogP contribution in [0.25, 0.3) is 0 Å². The first-order chi connectivity index (χ1) is 12.8. The quantitative estimate of drug-likeness (QED) is 0.559. The van der Waals surface area contributed by atoms with E-state index in [0.717, 1.165) is 6.42 Å². The standard InChI is InChI=1S/C23H25O2P/c1-24-18-17-23(25-2)19-13-15-22(16-14-19)26(20-9-5-3-6-10-20)21-11-7-4-8-12-21/h3-16,23H,17-18H2,1-2H3. The van der Waals surface area contributed by atoms with Gasteiger partial charge in [0.1, 0.15) is 0 Å². The summed E-state index contributed by atoms with van der Waals surface area (Å²) in [6, 6.07) is 30.4. The Bertz CT molecular complexity index is 733. The molecule has 0 spiro atoms. The fourth-order valence-electron chi connectivity index (χ4n) is 3.08. The summed E-state index contributed by atoms with van der Waals surface area (Å²) in [5.41, 5.74) is 1.20. The minimum absolute atomic E-state index is 0.0729. The third-order valence-corrected chi connectivity index (χ3v) is 6.86. The molecule has 134 valence electrons. The van der Waals surface area contributed by atoms with Crippen molar-refractivity contribution >= 4 is 23.8 Å². The van der Waals surface area contributed by atoms with E-state index in [9.17, 15) is 0 Å². The highest BCUT2D eigenvalue weighted by Crippen LogP contribution is 2.33. The third kappa shape index (κ3) is 4.59. The van der Waals surface area contributed by atoms with Crippen LogP contribution in [0.5, 0.6) is 0 Å². The Morgan fingerprint density at radius 2 is 1.19 bits per heavy atom. The van der Waals surface area contributed by atoms with Crippen LogP contribution < -0.4 is 15.9 Å². The van der Waals surface area contributed by atoms with E-state index < -0.39 is 7.92 Å². The zero-order valence-electron chi connectivity index (χ0n) is 15.3. The van der Waals surface area contributed by atoms with Crippen molar-refractivity contribution in [2.24, 2.45) is 0 Å². The maximum absolute atomic E-state index is 5.63. The molecular formula is C23H25O2P. The van der Waals surface area contributed by atoms with Crippen molar-refractivity contribution in [3.8, 4) is 0 Å². The number of methoxy groups -OCH3 is 2. The zero-order chi connectivity index (χ0) is 18.2. The molecule has 0 aliphatic carbocycles. The first kappa shape index (κ1) is 18.8. The van der Waals surface area contributed by atoms with E-state index in [1.165, 1.54) is 21.5 Å². The molecule has 0 amide bonds. The van der Waals surface area contributed by atoms with Crippen LogP contribution in [-0.4, -0.2) is 20.8 Å². The molecule has 0 saturated carbocycles. The van der Waals surface area contributed by atoms with Gasteiger partial charge in [0.2, 0.25) is 0 Å². The van der Waals surface area contributed by atoms with E-state index >= 15 is 0 Å². The predicted octanol–water partition coefficient (Wildman–Crippen LogP) is 4.17. The van der Waals surface area contributed by atoms with Gasteiger partial charge in [-0.15, -0.1) is 0 Å². The first-order valence-electron chi connectivity index (χ1n) is 8.85. The summed E-state index contributed by atoms with van der Waals surface area (Å²) in [6.45, 7) is 0.695. The maximum Gasteiger partial charge on any atom is 0.0843 e. The lowest BCUT2D eigenvalue weighted by atomic mass is 10.1. The van der Waals surface area contributed by atoms with E-state index in [2.05, 4.69) is 84.9 Å². The second kappa shape index (κ2) is 9.64. The lowest BCUT2D eigenvalue weighted by Gasteiger charge is -2.21. The fourth-order valence-corrected chi connectivity index (χ4v) is 5.37. The Morgan fingerprint density at radius 3 is 1.65 bits per heavy atom. The molecule has 0 aromatic heterocycles. The third-order valence-electron chi connectivity index (χ3n) is 4.42. The smallest absolute Gasteiger partial charge is 0.0843 e. The van der Waals surface area contributed by atoms with Gasteiger partial charge in [-0.3, -0.25) is 0 Å². The Labute approximate surface area is 157 Å². The number of hydrogen-bond acceptors (Lipinski definition) is 2. The zero-order valence-corrected chi connectivity index (χ0v) is 16.2. The van der Waals surface area contributed by atoms with Crippen molar-refractivity contribution in [2.45, 2.75) is 12.5 Å². The minimum atomic E-state index is -0.558. The Kier molecular flexibility index (Phi) is 6.96. The second-order valence-electron chi connectivity index (χ2n) is 6.10. The second-order valence-corrected chi connectivity index (χ2v) is 8.32. The van der Waals surface area contributed by atoms with E-state index in [4.69, 9.17) is 9.47 Å². The summed E-state index contributed by atoms with van der Waals surface area (Å²) in [4.78, 5) is 0. The Balaban J connectivity index is 1.93. The van der Waals surface area contributed by atoms with Crippen LogP contribution in [-0.2, 0) is 9.47 Å². The molecule has 0 fully saturated rings. The van der Waals surface area contributed by atoms with E-state index in [-0.39, 0.29) is 6.10 Å². The topological polar surface area (TPSA) is 18.5 Å². The highest BCUT2D eigenvalue weighted by Gasteiger charge is 2.17. The fraction of sp³-hybridized carbons (Fsp3) is 0.217. The van der Waals surface area contributed by atoms with Gasteiger partial charge < -0.3 is 9.47 Å². The monoisotopic (exact) mass is 364 g/mol. The van der Waals surface area contributed by atoms with Crippen molar-refractivity contribution in [2.75, 3.05) is 20.8 Å². The molecule has 3 aromatic rings. The van der Waals surface area contributed by atoms with Gasteiger partial charge in [-0.25, -0.2) is 0 Å². The number of ether oxygens (including phenoxy) is 2. The molecular weight excluding hydrogens is 339 g/mol. The van der Waals surface area contributed by atoms with E-state index in [0.29, 0.717) is 6.61 Å². The summed E-state index contributed by atoms with van der Waals surface area (Å²) >= 11 is 0. The largest absolute Gasteiger partial charge is 0.385 e. The van der Waals surface area contributed by atoms with Gasteiger partial charge in [-0.2, -0.15) is 0 Å². The van der Waals surface area contributed by atoms with E-state index in [1.807, 2.05) is 0 Å². The highest BCUT2D eigenvalue weighted by molar-refractivity contribution is 7.79. The van der Waals surface area contributed by atoms with E-state index in [1.54, 1.807) is 14.2 Å². The summed E-state index contributed by atoms with van der Waals surface area (Å²) < 4.78 is 10.8. The van der Waals surface area contributed by atoms with Crippen LogP contribution >= 0.6 is 7.92 Å². The molecule has 1 unspecified atom stereocenters. The molecule has 0 saturated heterocycles. The van der Waals surface area contributed by atoms with Crippen LogP contribution in [0, 0.1) is 0 Å². The molecule has 0 radical (unpaired) electrons. The summed E-state index contributed by atoms with van der Waals surface area (Å²) in [5.74, 6) is 0. The molecule has 3 rings (SSSR count). The van der Waals surface area contributed by atoms with Crippen molar-refractivity contribution in [3.63, 3.8) is 0 Å². The SMILES string of the molecule is COCCC(OC)c1ccc(P(c2ccccc2)c2ccccc2)cc1. The van der Waals surface area contributed by atoms with Gasteiger partial charge >= 0.3 is 0 Å². The molecule has 3 aromatic carbocycles. The van der Waals surface area contributed by atoms with Gasteiger partial charge in [-0.05, 0) is 29.4 Å². The van der Waals surface area contributed by atoms with Crippen LogP contribution in [0.2, 0.25) is 0 Å². The molecule has 1 atom stereocenters. The Morgan fingerprint density at radius 1 is 0.692 bits per heavy atom. The van der Waals surface area contributed by atoms with Crippen molar-refractivity contribution in [3.05, 3.63) is 90.5 Å². The number of benzene rings is 3. The average molecular weight is 364 g/mol. The maximum atomic E-state index is 5.63. The van der Waals surface area contributed by atoms with Crippen LogP contribution in [0.15, 0.2) is 84.9 Å². The molecule has 2 nitrogen and oxygen atoms in total. The average Bonchev–Trinajstić information content (AvgIpc) is 2.71. The van der Waals surface area contributed by atoms with Gasteiger partial charge in [0.15, 0.2) is 0 Å². The molecule has 0 aliphatic heterocycles. The van der Waals surface area contributed by atoms with Crippen LogP contribution in [0.3, 0.4) is 0 Å². The first-order valence-corrected chi connectivity index (χ1v) is 10.2. The predicted molar refractivity (Wildman–Crippen MR) is 111 cm³/mol. The minimum Gasteiger partial charge on any atom is -0.385 e. The molecule has 0 N–H and O–H groups in total. The molecule has 0 bridgehead atoms.